The molecular weight excluding hydrogens is 312 g/mol. The molecule has 2 aliphatic rings. The van der Waals surface area contributed by atoms with E-state index in [0.29, 0.717) is 26.1 Å². The van der Waals surface area contributed by atoms with Gasteiger partial charge in [0.25, 0.3) is 0 Å². The molecule has 0 amide bonds. The Morgan fingerprint density at radius 2 is 1.16 bits per heavy atom. The number of ether oxygens (including phenoxy) is 2. The molecule has 0 unspecified atom stereocenters. The second-order valence-corrected chi connectivity index (χ2v) is 6.45. The van der Waals surface area contributed by atoms with Crippen LogP contribution in [-0.2, 0) is 14.3 Å². The monoisotopic (exact) mass is 332 g/mol. The molecule has 2 aromatic rings. The number of hydrogen-bond donors (Lipinski definition) is 0. The van der Waals surface area contributed by atoms with Gasteiger partial charge < -0.3 is 9.47 Å². The molecule has 126 valence electrons. The van der Waals surface area contributed by atoms with Crippen LogP contribution >= 0.6 is 0 Å². The molecule has 1 heterocycles. The van der Waals surface area contributed by atoms with Crippen LogP contribution in [0.3, 0.4) is 0 Å². The topological polar surface area (TPSA) is 35.5 Å². The number of benzene rings is 2. The highest BCUT2D eigenvalue weighted by atomic mass is 16.7. The molecule has 2 fully saturated rings. The Morgan fingerprint density at radius 3 is 1.60 bits per heavy atom. The zero-order valence-electron chi connectivity index (χ0n) is 14.0. The van der Waals surface area contributed by atoms with Crippen LogP contribution < -0.4 is 0 Å². The minimum Gasteiger partial charge on any atom is -0.347 e. The van der Waals surface area contributed by atoms with Gasteiger partial charge in [0.2, 0.25) is 0 Å². The molecule has 0 N–H and O–H groups in total. The summed E-state index contributed by atoms with van der Waals surface area (Å²) in [7, 11) is 0. The summed E-state index contributed by atoms with van der Waals surface area (Å²) in [5.74, 6) is -0.618. The number of carbonyl (C=O) groups is 1. The van der Waals surface area contributed by atoms with Gasteiger partial charge in [-0.2, -0.15) is 0 Å². The zero-order chi connectivity index (χ0) is 17.1. The molecule has 1 saturated carbocycles. The van der Waals surface area contributed by atoms with Crippen LogP contribution in [0.25, 0.3) is 12.2 Å². The van der Waals surface area contributed by atoms with E-state index in [1.54, 1.807) is 0 Å². The molecule has 1 aliphatic carbocycles. The van der Waals surface area contributed by atoms with E-state index >= 15 is 0 Å². The van der Waals surface area contributed by atoms with Crippen molar-refractivity contribution in [3.63, 3.8) is 0 Å². The molecule has 3 heteroatoms. The van der Waals surface area contributed by atoms with Crippen molar-refractivity contribution in [1.29, 1.82) is 0 Å². The number of rotatable bonds is 2. The van der Waals surface area contributed by atoms with Gasteiger partial charge in [-0.3, -0.25) is 4.79 Å². The maximum absolute atomic E-state index is 13.0. The van der Waals surface area contributed by atoms with Gasteiger partial charge in [0.05, 0.1) is 13.2 Å². The standard InChI is InChI=1S/C22H20O3/c23-21-19(13-17-7-3-1-4-8-17)15-22(24-11-12-25-22)16-20(21)14-18-9-5-2-6-10-18/h1-10,13-14H,11-12,15-16H2/b19-13+,20-14+. The van der Waals surface area contributed by atoms with Gasteiger partial charge in [0, 0.05) is 24.0 Å². The smallest absolute Gasteiger partial charge is 0.185 e. The maximum Gasteiger partial charge on any atom is 0.185 e. The molecule has 3 nitrogen and oxygen atoms in total. The van der Waals surface area contributed by atoms with Crippen LogP contribution in [0.15, 0.2) is 71.8 Å². The van der Waals surface area contributed by atoms with Gasteiger partial charge in [-0.1, -0.05) is 60.7 Å². The number of Topliss-reactive ketones (excluding diaryl/α,β-unsaturated/α-hetero) is 1. The van der Waals surface area contributed by atoms with Gasteiger partial charge in [-0.05, 0) is 23.3 Å². The molecule has 2 aromatic carbocycles. The Balaban J connectivity index is 1.73. The summed E-state index contributed by atoms with van der Waals surface area (Å²) in [6.07, 6.45) is 4.89. The summed E-state index contributed by atoms with van der Waals surface area (Å²) in [5.41, 5.74) is 3.50. The van der Waals surface area contributed by atoms with E-state index in [9.17, 15) is 4.79 Å². The SMILES string of the molecule is O=C1/C(=C/c2ccccc2)CC2(C/C1=C\c1ccccc1)OCCO2. The number of hydrogen-bond acceptors (Lipinski definition) is 3. The fraction of sp³-hybridized carbons (Fsp3) is 0.227. The lowest BCUT2D eigenvalue weighted by atomic mass is 9.82. The Kier molecular flexibility index (Phi) is 4.35. The first-order valence-electron chi connectivity index (χ1n) is 8.58. The quantitative estimate of drug-likeness (QED) is 0.771. The Hall–Kier alpha value is -2.49. The van der Waals surface area contributed by atoms with Crippen molar-refractivity contribution in [1.82, 2.24) is 0 Å². The lowest BCUT2D eigenvalue weighted by molar-refractivity contribution is -0.161. The van der Waals surface area contributed by atoms with E-state index in [0.717, 1.165) is 22.3 Å². The van der Waals surface area contributed by atoms with Crippen LogP contribution in [0.5, 0.6) is 0 Å². The van der Waals surface area contributed by atoms with Crippen molar-refractivity contribution in [3.05, 3.63) is 82.9 Å². The second-order valence-electron chi connectivity index (χ2n) is 6.45. The van der Waals surface area contributed by atoms with Gasteiger partial charge in [-0.25, -0.2) is 0 Å². The lowest BCUT2D eigenvalue weighted by Crippen LogP contribution is -2.38. The Labute approximate surface area is 147 Å². The Morgan fingerprint density at radius 1 is 0.720 bits per heavy atom. The van der Waals surface area contributed by atoms with Crippen molar-refractivity contribution < 1.29 is 14.3 Å². The normalized spacial score (nSPS) is 22.8. The molecule has 25 heavy (non-hydrogen) atoms. The third kappa shape index (κ3) is 3.48. The van der Waals surface area contributed by atoms with Crippen LogP contribution in [0, 0.1) is 0 Å². The van der Waals surface area contributed by atoms with Gasteiger partial charge in [0.1, 0.15) is 0 Å². The van der Waals surface area contributed by atoms with E-state index in [2.05, 4.69) is 0 Å². The van der Waals surface area contributed by atoms with E-state index in [1.807, 2.05) is 72.8 Å². The molecule has 0 aromatic heterocycles. The van der Waals surface area contributed by atoms with Gasteiger partial charge in [-0.15, -0.1) is 0 Å². The summed E-state index contributed by atoms with van der Waals surface area (Å²) in [5, 5.41) is 0. The van der Waals surface area contributed by atoms with Gasteiger partial charge >= 0.3 is 0 Å². The fourth-order valence-corrected chi connectivity index (χ4v) is 3.44. The molecule has 0 atom stereocenters. The molecule has 1 aliphatic heterocycles. The van der Waals surface area contributed by atoms with Crippen molar-refractivity contribution in [2.45, 2.75) is 18.6 Å². The summed E-state index contributed by atoms with van der Waals surface area (Å²) in [6, 6.07) is 19.8. The first kappa shape index (κ1) is 16.0. The zero-order valence-corrected chi connectivity index (χ0v) is 14.0. The highest BCUT2D eigenvalue weighted by Gasteiger charge is 2.44. The average molecular weight is 332 g/mol. The molecule has 4 rings (SSSR count). The van der Waals surface area contributed by atoms with Crippen LogP contribution in [0.2, 0.25) is 0 Å². The van der Waals surface area contributed by atoms with Gasteiger partial charge in [0.15, 0.2) is 11.6 Å². The number of ketones is 1. The first-order valence-corrected chi connectivity index (χ1v) is 8.58. The molecule has 0 bridgehead atoms. The van der Waals surface area contributed by atoms with E-state index in [1.165, 1.54) is 0 Å². The predicted molar refractivity (Wildman–Crippen MR) is 97.7 cm³/mol. The fourth-order valence-electron chi connectivity index (χ4n) is 3.44. The Bertz CT molecular complexity index is 749. The summed E-state index contributed by atoms with van der Waals surface area (Å²) >= 11 is 0. The van der Waals surface area contributed by atoms with Crippen molar-refractivity contribution >= 4 is 17.9 Å². The minimum atomic E-state index is -0.699. The van der Waals surface area contributed by atoms with Crippen LogP contribution in [0.1, 0.15) is 24.0 Å². The maximum atomic E-state index is 13.0. The molecule has 1 saturated heterocycles. The van der Waals surface area contributed by atoms with Crippen LogP contribution in [-0.4, -0.2) is 24.8 Å². The third-order valence-electron chi connectivity index (χ3n) is 4.60. The predicted octanol–water partition coefficient (Wildman–Crippen LogP) is 4.26. The van der Waals surface area contributed by atoms with E-state index in [4.69, 9.17) is 9.47 Å². The number of carbonyl (C=O) groups excluding carboxylic acids is 1. The van der Waals surface area contributed by atoms with Crippen LogP contribution in [0.4, 0.5) is 0 Å². The largest absolute Gasteiger partial charge is 0.347 e. The highest BCUT2D eigenvalue weighted by molar-refractivity contribution is 6.14. The van der Waals surface area contributed by atoms with Crippen molar-refractivity contribution in [2.75, 3.05) is 13.2 Å². The van der Waals surface area contributed by atoms with E-state index < -0.39 is 5.79 Å². The second kappa shape index (κ2) is 6.79. The third-order valence-corrected chi connectivity index (χ3v) is 4.60. The summed E-state index contributed by atoms with van der Waals surface area (Å²) < 4.78 is 11.8. The molecule has 1 spiro atoms. The minimum absolute atomic E-state index is 0.0810. The highest BCUT2D eigenvalue weighted by Crippen LogP contribution is 2.40. The van der Waals surface area contributed by atoms with Crippen molar-refractivity contribution in [2.24, 2.45) is 0 Å². The molecule has 0 radical (unpaired) electrons. The molecular formula is C22H20O3. The van der Waals surface area contributed by atoms with Crippen molar-refractivity contribution in [3.8, 4) is 0 Å². The van der Waals surface area contributed by atoms with E-state index in [-0.39, 0.29) is 5.78 Å². The summed E-state index contributed by atoms with van der Waals surface area (Å²) in [4.78, 5) is 13.0. The lowest BCUT2D eigenvalue weighted by Gasteiger charge is -2.33. The first-order chi connectivity index (χ1) is 12.2. The average Bonchev–Trinajstić information content (AvgIpc) is 3.09. The summed E-state index contributed by atoms with van der Waals surface area (Å²) in [6.45, 7) is 1.15.